The van der Waals surface area contributed by atoms with Gasteiger partial charge >= 0.3 is 6.18 Å². The Morgan fingerprint density at radius 2 is 2.11 bits per heavy atom. The Morgan fingerprint density at radius 3 is 2.56 bits per heavy atom. The minimum absolute atomic E-state index is 0.297. The summed E-state index contributed by atoms with van der Waals surface area (Å²) in [7, 11) is 0. The third-order valence-electron chi connectivity index (χ3n) is 2.20. The summed E-state index contributed by atoms with van der Waals surface area (Å²) in [5.74, 6) is 0. The fraction of sp³-hybridized carbons (Fsp3) is 0.400. The van der Waals surface area contributed by atoms with Crippen molar-refractivity contribution in [3.8, 4) is 0 Å². The lowest BCUT2D eigenvalue weighted by Gasteiger charge is -2.17. The van der Waals surface area contributed by atoms with Crippen LogP contribution in [0.3, 0.4) is 0 Å². The minimum atomic E-state index is -4.70. The number of alkyl halides is 3. The van der Waals surface area contributed by atoms with Gasteiger partial charge < -0.3 is 10.4 Å². The number of nitrogens with one attached hydrogen (secondary N) is 1. The summed E-state index contributed by atoms with van der Waals surface area (Å²) in [6.07, 6.45) is -4.70. The average Bonchev–Trinajstić information content (AvgIpc) is 2.27. The highest BCUT2D eigenvalue weighted by Crippen LogP contribution is 2.37. The second kappa shape index (κ2) is 5.21. The summed E-state index contributed by atoms with van der Waals surface area (Å²) in [5.41, 5.74) is -2.06. The van der Waals surface area contributed by atoms with Crippen molar-refractivity contribution in [1.82, 2.24) is 0 Å². The van der Waals surface area contributed by atoms with Crippen molar-refractivity contribution in [3.63, 3.8) is 0 Å². The van der Waals surface area contributed by atoms with Crippen molar-refractivity contribution in [2.45, 2.75) is 19.1 Å². The van der Waals surface area contributed by atoms with Gasteiger partial charge in [-0.1, -0.05) is 0 Å². The number of rotatable bonds is 4. The maximum atomic E-state index is 12.7. The number of hydrogen-bond donors (Lipinski definition) is 2. The van der Waals surface area contributed by atoms with Crippen LogP contribution in [-0.4, -0.2) is 22.7 Å². The molecule has 0 heterocycles. The zero-order chi connectivity index (χ0) is 13.9. The van der Waals surface area contributed by atoms with Crippen molar-refractivity contribution in [1.29, 1.82) is 0 Å². The third kappa shape index (κ3) is 3.33. The molecular weight excluding hydrogens is 253 g/mol. The van der Waals surface area contributed by atoms with Crippen molar-refractivity contribution >= 4 is 11.4 Å². The van der Waals surface area contributed by atoms with E-state index in [0.29, 0.717) is 6.07 Å². The Kier molecular flexibility index (Phi) is 4.12. The Labute approximate surface area is 100 Å². The van der Waals surface area contributed by atoms with Gasteiger partial charge in [-0.2, -0.15) is 13.2 Å². The van der Waals surface area contributed by atoms with Gasteiger partial charge in [-0.05, 0) is 13.0 Å². The molecule has 1 aromatic carbocycles. The first-order valence-electron chi connectivity index (χ1n) is 4.98. The molecule has 0 amide bonds. The second-order valence-corrected chi connectivity index (χ2v) is 3.71. The highest BCUT2D eigenvalue weighted by molar-refractivity contribution is 5.57. The van der Waals surface area contributed by atoms with Crippen LogP contribution in [0.15, 0.2) is 18.2 Å². The first-order chi connectivity index (χ1) is 8.25. The smallest absolute Gasteiger partial charge is 0.394 e. The molecule has 0 bridgehead atoms. The molecule has 18 heavy (non-hydrogen) atoms. The molecule has 2 N–H and O–H groups in total. The van der Waals surface area contributed by atoms with E-state index in [1.807, 2.05) is 0 Å². The molecule has 0 spiro atoms. The van der Waals surface area contributed by atoms with Crippen LogP contribution in [0.2, 0.25) is 0 Å². The summed E-state index contributed by atoms with van der Waals surface area (Å²) in [6, 6.07) is 1.83. The lowest BCUT2D eigenvalue weighted by atomic mass is 10.1. The van der Waals surface area contributed by atoms with E-state index >= 15 is 0 Å². The van der Waals surface area contributed by atoms with Crippen LogP contribution in [0.1, 0.15) is 12.5 Å². The molecule has 5 nitrogen and oxygen atoms in total. The van der Waals surface area contributed by atoms with E-state index in [0.717, 1.165) is 12.1 Å². The molecule has 100 valence electrons. The molecule has 0 radical (unpaired) electrons. The topological polar surface area (TPSA) is 75.4 Å². The predicted molar refractivity (Wildman–Crippen MR) is 58.3 cm³/mol. The molecule has 0 aromatic heterocycles. The molecule has 0 aliphatic rings. The zero-order valence-electron chi connectivity index (χ0n) is 9.36. The van der Waals surface area contributed by atoms with Gasteiger partial charge in [0.1, 0.15) is 0 Å². The summed E-state index contributed by atoms with van der Waals surface area (Å²) in [6.45, 7) is 1.13. The number of nitro groups is 1. The van der Waals surface area contributed by atoms with E-state index in [9.17, 15) is 23.3 Å². The molecule has 1 rings (SSSR count). The summed E-state index contributed by atoms with van der Waals surface area (Å²) in [4.78, 5) is 9.55. The van der Waals surface area contributed by atoms with Crippen LogP contribution in [0.4, 0.5) is 24.5 Å². The highest BCUT2D eigenvalue weighted by Gasteiger charge is 2.35. The van der Waals surface area contributed by atoms with Gasteiger partial charge in [0.15, 0.2) is 0 Å². The van der Waals surface area contributed by atoms with Gasteiger partial charge in [0.25, 0.3) is 5.69 Å². The third-order valence-corrected chi connectivity index (χ3v) is 2.20. The quantitative estimate of drug-likeness (QED) is 0.646. The van der Waals surface area contributed by atoms with E-state index < -0.39 is 28.4 Å². The van der Waals surface area contributed by atoms with Gasteiger partial charge in [-0.15, -0.1) is 0 Å². The molecule has 0 aliphatic carbocycles. The van der Waals surface area contributed by atoms with Crippen molar-refractivity contribution < 1.29 is 23.2 Å². The van der Waals surface area contributed by atoms with E-state index in [1.165, 1.54) is 6.92 Å². The predicted octanol–water partition coefficient (Wildman–Crippen LogP) is 2.41. The number of non-ortho nitro benzene ring substituents is 1. The minimum Gasteiger partial charge on any atom is -0.394 e. The van der Waals surface area contributed by atoms with Gasteiger partial charge in [0.2, 0.25) is 0 Å². The second-order valence-electron chi connectivity index (χ2n) is 3.71. The molecule has 1 unspecified atom stereocenters. The lowest BCUT2D eigenvalue weighted by molar-refractivity contribution is -0.385. The van der Waals surface area contributed by atoms with Crippen LogP contribution < -0.4 is 5.32 Å². The van der Waals surface area contributed by atoms with Gasteiger partial charge in [-0.25, -0.2) is 0 Å². The summed E-state index contributed by atoms with van der Waals surface area (Å²) < 4.78 is 38.2. The Hall–Kier alpha value is -1.83. The highest BCUT2D eigenvalue weighted by atomic mass is 19.4. The number of anilines is 1. The van der Waals surface area contributed by atoms with Gasteiger partial charge in [0, 0.05) is 23.9 Å². The van der Waals surface area contributed by atoms with Crippen LogP contribution >= 0.6 is 0 Å². The van der Waals surface area contributed by atoms with Crippen molar-refractivity contribution in [2.24, 2.45) is 0 Å². The number of nitro benzene ring substituents is 1. The molecule has 0 saturated heterocycles. The van der Waals surface area contributed by atoms with Gasteiger partial charge in [-0.3, -0.25) is 10.1 Å². The zero-order valence-corrected chi connectivity index (χ0v) is 9.36. The Balaban J connectivity index is 3.21. The maximum absolute atomic E-state index is 12.7. The first kappa shape index (κ1) is 14.2. The standard InChI is InChI=1S/C10H11F3N2O3/c1-6(5-16)14-9-3-2-7(15(17)18)4-8(9)10(11,12)13/h2-4,6,14,16H,5H2,1H3. The molecule has 1 atom stereocenters. The number of aliphatic hydroxyl groups excluding tert-OH is 1. The van der Waals surface area contributed by atoms with E-state index in [2.05, 4.69) is 5.32 Å². The number of aliphatic hydroxyl groups is 1. The van der Waals surface area contributed by atoms with Crippen LogP contribution in [0, 0.1) is 10.1 Å². The monoisotopic (exact) mass is 264 g/mol. The van der Waals surface area contributed by atoms with Crippen molar-refractivity contribution in [3.05, 3.63) is 33.9 Å². The number of benzene rings is 1. The first-order valence-corrected chi connectivity index (χ1v) is 4.98. The van der Waals surface area contributed by atoms with E-state index in [4.69, 9.17) is 5.11 Å². The van der Waals surface area contributed by atoms with Crippen molar-refractivity contribution in [2.75, 3.05) is 11.9 Å². The van der Waals surface area contributed by atoms with Crippen LogP contribution in [0.5, 0.6) is 0 Å². The largest absolute Gasteiger partial charge is 0.418 e. The molecule has 0 aliphatic heterocycles. The Bertz CT molecular complexity index is 448. The Morgan fingerprint density at radius 1 is 1.50 bits per heavy atom. The van der Waals surface area contributed by atoms with E-state index in [1.54, 1.807) is 0 Å². The van der Waals surface area contributed by atoms with Gasteiger partial charge in [0.05, 0.1) is 17.1 Å². The summed E-state index contributed by atoms with van der Waals surface area (Å²) in [5, 5.41) is 21.7. The number of halogens is 3. The molecule has 1 aromatic rings. The number of nitrogens with zero attached hydrogens (tertiary/aromatic N) is 1. The summed E-state index contributed by atoms with van der Waals surface area (Å²) >= 11 is 0. The fourth-order valence-corrected chi connectivity index (χ4v) is 1.32. The molecule has 8 heteroatoms. The van der Waals surface area contributed by atoms with E-state index in [-0.39, 0.29) is 12.3 Å². The normalized spacial score (nSPS) is 13.2. The SMILES string of the molecule is CC(CO)Nc1ccc([N+](=O)[O-])cc1C(F)(F)F. The van der Waals surface area contributed by atoms with Crippen LogP contribution in [0.25, 0.3) is 0 Å². The van der Waals surface area contributed by atoms with Crippen LogP contribution in [-0.2, 0) is 6.18 Å². The maximum Gasteiger partial charge on any atom is 0.418 e. The molecule has 0 fully saturated rings. The number of hydrogen-bond acceptors (Lipinski definition) is 4. The fourth-order valence-electron chi connectivity index (χ4n) is 1.32. The lowest BCUT2D eigenvalue weighted by Crippen LogP contribution is -2.22. The molecule has 0 saturated carbocycles. The molecular formula is C10H11F3N2O3. The average molecular weight is 264 g/mol.